The molecular formula is C20H25N3O2. The fourth-order valence-corrected chi connectivity index (χ4v) is 3.96. The van der Waals surface area contributed by atoms with Crippen LogP contribution >= 0.6 is 0 Å². The predicted molar refractivity (Wildman–Crippen MR) is 95.9 cm³/mol. The number of rotatable bonds is 4. The van der Waals surface area contributed by atoms with Crippen molar-refractivity contribution in [2.75, 3.05) is 19.9 Å². The van der Waals surface area contributed by atoms with Crippen molar-refractivity contribution in [1.82, 2.24) is 14.9 Å². The Labute approximate surface area is 149 Å². The minimum atomic E-state index is 0.330. The highest BCUT2D eigenvalue weighted by atomic mass is 16.7. The molecule has 1 aromatic carbocycles. The maximum absolute atomic E-state index is 5.52. The molecule has 0 radical (unpaired) electrons. The lowest BCUT2D eigenvalue weighted by atomic mass is 10.0. The summed E-state index contributed by atoms with van der Waals surface area (Å²) in [7, 11) is 0. The second kappa shape index (κ2) is 6.64. The zero-order valence-corrected chi connectivity index (χ0v) is 15.2. The van der Waals surface area contributed by atoms with E-state index >= 15 is 0 Å². The van der Waals surface area contributed by atoms with Crippen LogP contribution in [0.3, 0.4) is 0 Å². The molecule has 2 aliphatic heterocycles. The van der Waals surface area contributed by atoms with Gasteiger partial charge in [-0.3, -0.25) is 4.90 Å². The standard InChI is InChI=1S/C20H25N3O2/c1-13-8-18(22-15(3)21-13)9-16-6-7-23(11-16)14(2)17-4-5-19-20(10-17)25-12-24-19/h4-5,8,10,14,16H,6-7,9,11-12H2,1-3H3. The summed E-state index contributed by atoms with van der Waals surface area (Å²) in [6.45, 7) is 8.86. The molecule has 2 atom stereocenters. The SMILES string of the molecule is Cc1cc(CC2CCN(C(C)c3ccc4c(c3)OCO4)C2)nc(C)n1. The Hall–Kier alpha value is -2.14. The highest BCUT2D eigenvalue weighted by Gasteiger charge is 2.28. The van der Waals surface area contributed by atoms with Crippen molar-refractivity contribution in [3.63, 3.8) is 0 Å². The van der Waals surface area contributed by atoms with Crippen molar-refractivity contribution >= 4 is 0 Å². The summed E-state index contributed by atoms with van der Waals surface area (Å²) in [5.41, 5.74) is 3.53. The molecule has 0 amide bonds. The molecule has 2 aliphatic rings. The minimum absolute atomic E-state index is 0.330. The first-order valence-corrected chi connectivity index (χ1v) is 9.03. The molecule has 1 fully saturated rings. The van der Waals surface area contributed by atoms with Crippen LogP contribution in [0.1, 0.15) is 42.2 Å². The van der Waals surface area contributed by atoms with Crippen LogP contribution < -0.4 is 9.47 Å². The second-order valence-corrected chi connectivity index (χ2v) is 7.19. The number of aromatic nitrogens is 2. The number of nitrogens with zero attached hydrogens (tertiary/aromatic N) is 3. The molecule has 4 rings (SSSR count). The van der Waals surface area contributed by atoms with Gasteiger partial charge in [0.25, 0.3) is 0 Å². The van der Waals surface area contributed by atoms with E-state index in [2.05, 4.69) is 40.0 Å². The largest absolute Gasteiger partial charge is 0.454 e. The first-order valence-electron chi connectivity index (χ1n) is 9.03. The number of benzene rings is 1. The Morgan fingerprint density at radius 1 is 1.16 bits per heavy atom. The van der Waals surface area contributed by atoms with Crippen molar-refractivity contribution in [2.45, 2.75) is 39.7 Å². The van der Waals surface area contributed by atoms with Crippen molar-refractivity contribution in [3.05, 3.63) is 47.0 Å². The number of likely N-dealkylation sites (tertiary alicyclic amines) is 1. The van der Waals surface area contributed by atoms with Crippen LogP contribution in [0.2, 0.25) is 0 Å². The van der Waals surface area contributed by atoms with Gasteiger partial charge in [0, 0.05) is 24.0 Å². The summed E-state index contributed by atoms with van der Waals surface area (Å²) >= 11 is 0. The molecule has 25 heavy (non-hydrogen) atoms. The third-order valence-corrected chi connectivity index (χ3v) is 5.26. The van der Waals surface area contributed by atoms with E-state index in [-0.39, 0.29) is 0 Å². The topological polar surface area (TPSA) is 47.5 Å². The molecule has 0 bridgehead atoms. The summed E-state index contributed by atoms with van der Waals surface area (Å²) < 4.78 is 10.9. The Morgan fingerprint density at radius 2 is 2.00 bits per heavy atom. The van der Waals surface area contributed by atoms with Crippen molar-refractivity contribution in [1.29, 1.82) is 0 Å². The molecule has 0 saturated carbocycles. The van der Waals surface area contributed by atoms with Gasteiger partial charge in [-0.25, -0.2) is 9.97 Å². The number of fused-ring (bicyclic) bond motifs is 1. The maximum atomic E-state index is 5.52. The number of hydrogen-bond acceptors (Lipinski definition) is 5. The highest BCUT2D eigenvalue weighted by molar-refractivity contribution is 5.45. The first kappa shape index (κ1) is 16.3. The van der Waals surface area contributed by atoms with E-state index in [1.54, 1.807) is 0 Å². The van der Waals surface area contributed by atoms with Crippen LogP contribution in [0.4, 0.5) is 0 Å². The van der Waals surface area contributed by atoms with E-state index in [4.69, 9.17) is 9.47 Å². The lowest BCUT2D eigenvalue weighted by Gasteiger charge is -2.25. The summed E-state index contributed by atoms with van der Waals surface area (Å²) in [4.78, 5) is 11.5. The molecule has 0 N–H and O–H groups in total. The summed E-state index contributed by atoms with van der Waals surface area (Å²) in [5.74, 6) is 3.25. The normalized spacial score (nSPS) is 20.8. The molecule has 5 nitrogen and oxygen atoms in total. The molecule has 5 heteroatoms. The number of aryl methyl sites for hydroxylation is 2. The summed E-state index contributed by atoms with van der Waals surface area (Å²) in [6.07, 6.45) is 2.26. The third kappa shape index (κ3) is 3.47. The first-order chi connectivity index (χ1) is 12.1. The Bertz CT molecular complexity index is 757. The molecule has 1 saturated heterocycles. The molecule has 2 unspecified atom stereocenters. The van der Waals surface area contributed by atoms with Crippen LogP contribution in [0.15, 0.2) is 24.3 Å². The Morgan fingerprint density at radius 3 is 2.84 bits per heavy atom. The van der Waals surface area contributed by atoms with Crippen LogP contribution in [0.25, 0.3) is 0 Å². The lowest BCUT2D eigenvalue weighted by molar-refractivity contribution is 0.174. The van der Waals surface area contributed by atoms with Gasteiger partial charge in [-0.05, 0) is 69.8 Å². The number of hydrogen-bond donors (Lipinski definition) is 0. The number of ether oxygens (including phenoxy) is 2. The van der Waals surface area contributed by atoms with Crippen molar-refractivity contribution in [2.24, 2.45) is 5.92 Å². The molecule has 0 spiro atoms. The van der Waals surface area contributed by atoms with Crippen LogP contribution in [0.5, 0.6) is 11.5 Å². The zero-order valence-electron chi connectivity index (χ0n) is 15.2. The van der Waals surface area contributed by atoms with Gasteiger partial charge in [0.2, 0.25) is 6.79 Å². The van der Waals surface area contributed by atoms with E-state index in [0.29, 0.717) is 18.8 Å². The van der Waals surface area contributed by atoms with Crippen LogP contribution in [-0.4, -0.2) is 34.8 Å². The second-order valence-electron chi connectivity index (χ2n) is 7.19. The molecule has 132 valence electrons. The average Bonchev–Trinajstić information content (AvgIpc) is 3.21. The van der Waals surface area contributed by atoms with Gasteiger partial charge >= 0.3 is 0 Å². The molecule has 2 aromatic rings. The maximum Gasteiger partial charge on any atom is 0.231 e. The van der Waals surface area contributed by atoms with Crippen molar-refractivity contribution < 1.29 is 9.47 Å². The smallest absolute Gasteiger partial charge is 0.231 e. The van der Waals surface area contributed by atoms with Crippen molar-refractivity contribution in [3.8, 4) is 11.5 Å². The molecule has 3 heterocycles. The molecule has 1 aromatic heterocycles. The minimum Gasteiger partial charge on any atom is -0.454 e. The van der Waals surface area contributed by atoms with Crippen LogP contribution in [-0.2, 0) is 6.42 Å². The Kier molecular flexibility index (Phi) is 4.34. The fraction of sp³-hybridized carbons (Fsp3) is 0.500. The Balaban J connectivity index is 1.41. The fourth-order valence-electron chi connectivity index (χ4n) is 3.96. The molecular weight excluding hydrogens is 314 g/mol. The van der Waals surface area contributed by atoms with E-state index in [1.165, 1.54) is 17.7 Å². The van der Waals surface area contributed by atoms with Crippen LogP contribution in [0, 0.1) is 19.8 Å². The van der Waals surface area contributed by atoms with Gasteiger partial charge in [-0.2, -0.15) is 0 Å². The van der Waals surface area contributed by atoms with Gasteiger partial charge < -0.3 is 9.47 Å². The average molecular weight is 339 g/mol. The quantitative estimate of drug-likeness (QED) is 0.854. The van der Waals surface area contributed by atoms with Gasteiger partial charge in [0.1, 0.15) is 5.82 Å². The van der Waals surface area contributed by atoms with Gasteiger partial charge in [0.05, 0.1) is 0 Å². The third-order valence-electron chi connectivity index (χ3n) is 5.26. The van der Waals surface area contributed by atoms with E-state index < -0.39 is 0 Å². The lowest BCUT2D eigenvalue weighted by Crippen LogP contribution is -2.25. The highest BCUT2D eigenvalue weighted by Crippen LogP contribution is 2.36. The van der Waals surface area contributed by atoms with E-state index in [0.717, 1.165) is 42.5 Å². The van der Waals surface area contributed by atoms with Gasteiger partial charge in [-0.1, -0.05) is 6.07 Å². The monoisotopic (exact) mass is 339 g/mol. The van der Waals surface area contributed by atoms with E-state index in [1.807, 2.05) is 19.9 Å². The summed E-state index contributed by atoms with van der Waals surface area (Å²) in [6, 6.07) is 8.80. The molecule has 0 aliphatic carbocycles. The predicted octanol–water partition coefficient (Wildman–Crippen LogP) is 3.45. The zero-order chi connectivity index (χ0) is 17.4. The van der Waals surface area contributed by atoms with Gasteiger partial charge in [-0.15, -0.1) is 0 Å². The summed E-state index contributed by atoms with van der Waals surface area (Å²) in [5, 5.41) is 0. The van der Waals surface area contributed by atoms with Gasteiger partial charge in [0.15, 0.2) is 11.5 Å². The van der Waals surface area contributed by atoms with E-state index in [9.17, 15) is 0 Å².